The molecule has 0 aliphatic carbocycles. The minimum absolute atomic E-state index is 0.0766. The van der Waals surface area contributed by atoms with Crippen LogP contribution in [0.15, 0.2) is 67.3 Å². The van der Waals surface area contributed by atoms with E-state index in [1.165, 1.54) is 17.7 Å². The predicted molar refractivity (Wildman–Crippen MR) is 96.6 cm³/mol. The molecule has 0 aliphatic rings. The summed E-state index contributed by atoms with van der Waals surface area (Å²) in [6, 6.07) is 15.2. The largest absolute Gasteiger partial charge is 0.306 e. The molecule has 0 spiro atoms. The Bertz CT molecular complexity index is 844. The van der Waals surface area contributed by atoms with Crippen LogP contribution in [-0.2, 0) is 0 Å². The summed E-state index contributed by atoms with van der Waals surface area (Å²) in [5.74, 6) is 0. The minimum Gasteiger partial charge on any atom is -0.306 e. The van der Waals surface area contributed by atoms with Crippen LogP contribution in [-0.4, -0.2) is 14.5 Å². The third kappa shape index (κ3) is 3.92. The molecule has 1 heterocycles. The molecule has 0 aliphatic heterocycles. The molecule has 0 radical (unpaired) electrons. The highest BCUT2D eigenvalue weighted by molar-refractivity contribution is 5.37. The fraction of sp³-hybridized carbons (Fsp3) is 0.211. The van der Waals surface area contributed by atoms with Gasteiger partial charge in [-0.1, -0.05) is 24.3 Å². The van der Waals surface area contributed by atoms with Crippen LogP contribution in [0.5, 0.6) is 0 Å². The van der Waals surface area contributed by atoms with Crippen LogP contribution in [0, 0.1) is 10.1 Å². The van der Waals surface area contributed by atoms with Gasteiger partial charge in [-0.3, -0.25) is 10.1 Å². The number of hydrogen-bond donors (Lipinski definition) is 1. The molecule has 0 amide bonds. The lowest BCUT2D eigenvalue weighted by Crippen LogP contribution is -2.22. The molecule has 0 saturated carbocycles. The van der Waals surface area contributed by atoms with Gasteiger partial charge in [0.25, 0.3) is 5.69 Å². The Labute approximate surface area is 146 Å². The van der Waals surface area contributed by atoms with E-state index in [0.717, 1.165) is 11.3 Å². The standard InChI is InChI=1S/C19H20N4O2/c1-14(16-6-8-18(9-7-16)23(24)25)21-15(2)17-4-3-5-19(12-17)22-11-10-20-13-22/h3-15,21H,1-2H3/t14-,15+/m1/s1. The lowest BCUT2D eigenvalue weighted by Gasteiger charge is -2.21. The second-order valence-electron chi connectivity index (χ2n) is 6.02. The van der Waals surface area contributed by atoms with Crippen molar-refractivity contribution in [3.63, 3.8) is 0 Å². The van der Waals surface area contributed by atoms with Gasteiger partial charge in [0, 0.05) is 42.3 Å². The van der Waals surface area contributed by atoms with Crippen molar-refractivity contribution in [1.29, 1.82) is 0 Å². The van der Waals surface area contributed by atoms with Gasteiger partial charge in [0.15, 0.2) is 0 Å². The number of nitro groups is 1. The maximum atomic E-state index is 10.8. The molecule has 3 rings (SSSR count). The van der Waals surface area contributed by atoms with Gasteiger partial charge < -0.3 is 9.88 Å². The molecule has 1 N–H and O–H groups in total. The highest BCUT2D eigenvalue weighted by Crippen LogP contribution is 2.23. The Hall–Kier alpha value is -2.99. The van der Waals surface area contributed by atoms with E-state index in [4.69, 9.17) is 0 Å². The van der Waals surface area contributed by atoms with Crippen LogP contribution in [0.2, 0.25) is 0 Å². The van der Waals surface area contributed by atoms with Crippen molar-refractivity contribution < 1.29 is 4.92 Å². The number of non-ortho nitro benzene ring substituents is 1. The summed E-state index contributed by atoms with van der Waals surface area (Å²) in [5.41, 5.74) is 3.35. The van der Waals surface area contributed by atoms with Crippen molar-refractivity contribution in [2.45, 2.75) is 25.9 Å². The summed E-state index contributed by atoms with van der Waals surface area (Å²) in [7, 11) is 0. The molecule has 6 heteroatoms. The first-order valence-electron chi connectivity index (χ1n) is 8.13. The normalized spacial score (nSPS) is 13.4. The minimum atomic E-state index is -0.383. The number of nitrogens with zero attached hydrogens (tertiary/aromatic N) is 3. The summed E-state index contributed by atoms with van der Waals surface area (Å²) in [6.07, 6.45) is 5.44. The van der Waals surface area contributed by atoms with E-state index in [1.54, 1.807) is 24.7 Å². The number of imidazole rings is 1. The molecule has 0 unspecified atom stereocenters. The Kier molecular flexibility index (Phi) is 4.90. The van der Waals surface area contributed by atoms with Gasteiger partial charge in [0.2, 0.25) is 0 Å². The van der Waals surface area contributed by atoms with Crippen LogP contribution in [0.25, 0.3) is 5.69 Å². The van der Waals surface area contributed by atoms with E-state index in [-0.39, 0.29) is 22.7 Å². The van der Waals surface area contributed by atoms with Crippen LogP contribution in [0.3, 0.4) is 0 Å². The number of hydrogen-bond acceptors (Lipinski definition) is 4. The van der Waals surface area contributed by atoms with Crippen LogP contribution >= 0.6 is 0 Å². The smallest absolute Gasteiger partial charge is 0.269 e. The van der Waals surface area contributed by atoms with E-state index >= 15 is 0 Å². The van der Waals surface area contributed by atoms with Gasteiger partial charge in [-0.2, -0.15) is 0 Å². The highest BCUT2D eigenvalue weighted by atomic mass is 16.6. The van der Waals surface area contributed by atoms with E-state index < -0.39 is 0 Å². The summed E-state index contributed by atoms with van der Waals surface area (Å²) < 4.78 is 1.97. The monoisotopic (exact) mass is 336 g/mol. The molecular weight excluding hydrogens is 316 g/mol. The fourth-order valence-corrected chi connectivity index (χ4v) is 2.82. The Morgan fingerprint density at radius 3 is 2.44 bits per heavy atom. The molecule has 2 aromatic carbocycles. The van der Waals surface area contributed by atoms with Crippen molar-refractivity contribution in [3.05, 3.63) is 88.5 Å². The number of rotatable bonds is 6. The molecule has 6 nitrogen and oxygen atoms in total. The average Bonchev–Trinajstić information content (AvgIpc) is 3.16. The topological polar surface area (TPSA) is 73.0 Å². The van der Waals surface area contributed by atoms with Gasteiger partial charge in [-0.05, 0) is 37.1 Å². The maximum absolute atomic E-state index is 10.8. The number of aromatic nitrogens is 2. The molecular formula is C19H20N4O2. The highest BCUT2D eigenvalue weighted by Gasteiger charge is 2.13. The van der Waals surface area contributed by atoms with Crippen molar-refractivity contribution in [1.82, 2.24) is 14.9 Å². The van der Waals surface area contributed by atoms with Gasteiger partial charge in [-0.15, -0.1) is 0 Å². The molecule has 128 valence electrons. The van der Waals surface area contributed by atoms with Crippen molar-refractivity contribution in [2.24, 2.45) is 0 Å². The van der Waals surface area contributed by atoms with Gasteiger partial charge >= 0.3 is 0 Å². The van der Waals surface area contributed by atoms with E-state index in [2.05, 4.69) is 36.3 Å². The zero-order valence-corrected chi connectivity index (χ0v) is 14.2. The first-order valence-corrected chi connectivity index (χ1v) is 8.13. The summed E-state index contributed by atoms with van der Waals surface area (Å²) in [4.78, 5) is 14.5. The number of nitro benzene ring substituents is 1. The van der Waals surface area contributed by atoms with E-state index in [0.29, 0.717) is 0 Å². The summed E-state index contributed by atoms with van der Waals surface area (Å²) >= 11 is 0. The lowest BCUT2D eigenvalue weighted by molar-refractivity contribution is -0.384. The first kappa shape index (κ1) is 16.9. The molecule has 2 atom stereocenters. The van der Waals surface area contributed by atoms with E-state index in [1.807, 2.05) is 22.9 Å². The molecule has 1 aromatic heterocycles. The average molecular weight is 336 g/mol. The third-order valence-electron chi connectivity index (χ3n) is 4.28. The third-order valence-corrected chi connectivity index (χ3v) is 4.28. The van der Waals surface area contributed by atoms with Gasteiger partial charge in [0.05, 0.1) is 11.3 Å². The number of benzene rings is 2. The fourth-order valence-electron chi connectivity index (χ4n) is 2.82. The molecule has 25 heavy (non-hydrogen) atoms. The lowest BCUT2D eigenvalue weighted by atomic mass is 10.0. The Morgan fingerprint density at radius 1 is 1.08 bits per heavy atom. The Balaban J connectivity index is 1.72. The SMILES string of the molecule is C[C@H](N[C@H](C)c1ccc([N+](=O)[O-])cc1)c1cccc(-n2ccnc2)c1. The second kappa shape index (κ2) is 7.27. The van der Waals surface area contributed by atoms with Crippen LogP contribution in [0.1, 0.15) is 37.1 Å². The van der Waals surface area contributed by atoms with Crippen molar-refractivity contribution in [2.75, 3.05) is 0 Å². The Morgan fingerprint density at radius 2 is 1.80 bits per heavy atom. The van der Waals surface area contributed by atoms with Gasteiger partial charge in [-0.25, -0.2) is 4.98 Å². The molecule has 0 saturated heterocycles. The molecule has 0 bridgehead atoms. The van der Waals surface area contributed by atoms with Gasteiger partial charge in [0.1, 0.15) is 0 Å². The molecule has 3 aromatic rings. The quantitative estimate of drug-likeness (QED) is 0.541. The van der Waals surface area contributed by atoms with Crippen molar-refractivity contribution in [3.8, 4) is 5.69 Å². The maximum Gasteiger partial charge on any atom is 0.269 e. The predicted octanol–water partition coefficient (Wildman–Crippen LogP) is 4.19. The molecule has 0 fully saturated rings. The van der Waals surface area contributed by atoms with Crippen LogP contribution < -0.4 is 5.32 Å². The zero-order chi connectivity index (χ0) is 17.8. The number of nitrogens with one attached hydrogen (secondary N) is 1. The first-order chi connectivity index (χ1) is 12.0. The second-order valence-corrected chi connectivity index (χ2v) is 6.02. The van der Waals surface area contributed by atoms with Crippen LogP contribution in [0.4, 0.5) is 5.69 Å². The summed E-state index contributed by atoms with van der Waals surface area (Å²) in [5, 5.41) is 14.3. The summed E-state index contributed by atoms with van der Waals surface area (Å²) in [6.45, 7) is 4.16. The van der Waals surface area contributed by atoms with Crippen molar-refractivity contribution >= 4 is 5.69 Å². The zero-order valence-electron chi connectivity index (χ0n) is 14.2. The van der Waals surface area contributed by atoms with E-state index in [9.17, 15) is 10.1 Å².